The fourth-order valence-corrected chi connectivity index (χ4v) is 2.49. The highest BCUT2D eigenvalue weighted by molar-refractivity contribution is 5.85. The molecule has 0 aromatic carbocycles. The first kappa shape index (κ1) is 15.0. The van der Waals surface area contributed by atoms with Gasteiger partial charge in [-0.25, -0.2) is 0 Å². The van der Waals surface area contributed by atoms with Crippen LogP contribution in [0.2, 0.25) is 0 Å². The number of aliphatic carboxylic acids is 1. The maximum absolute atomic E-state index is 11.8. The summed E-state index contributed by atoms with van der Waals surface area (Å²) in [6, 6.07) is 0. The summed E-state index contributed by atoms with van der Waals surface area (Å²) < 4.78 is 5.30. The summed E-state index contributed by atoms with van der Waals surface area (Å²) >= 11 is 0. The van der Waals surface area contributed by atoms with Crippen molar-refractivity contribution in [3.63, 3.8) is 0 Å². The van der Waals surface area contributed by atoms with Crippen molar-refractivity contribution in [3.8, 4) is 0 Å². The Hall–Kier alpha value is -1.10. The molecule has 0 bridgehead atoms. The van der Waals surface area contributed by atoms with Crippen LogP contribution in [0.4, 0.5) is 0 Å². The Morgan fingerprint density at radius 1 is 1.39 bits per heavy atom. The predicted octanol–water partition coefficient (Wildman–Crippen LogP) is 1.56. The number of carboxylic acid groups (broad SMARTS) is 1. The molecule has 1 atom stereocenters. The molecule has 5 heteroatoms. The molecule has 18 heavy (non-hydrogen) atoms. The van der Waals surface area contributed by atoms with Crippen LogP contribution in [0.3, 0.4) is 0 Å². The van der Waals surface area contributed by atoms with E-state index in [1.807, 2.05) is 13.8 Å². The molecule has 1 aliphatic rings. The highest BCUT2D eigenvalue weighted by Crippen LogP contribution is 2.41. The predicted molar refractivity (Wildman–Crippen MR) is 67.3 cm³/mol. The third-order valence-corrected chi connectivity index (χ3v) is 3.55. The van der Waals surface area contributed by atoms with E-state index in [2.05, 4.69) is 5.32 Å². The molecule has 0 spiro atoms. The molecule has 5 nitrogen and oxygen atoms in total. The smallest absolute Gasteiger partial charge is 0.310 e. The molecule has 1 amide bonds. The summed E-state index contributed by atoms with van der Waals surface area (Å²) in [4.78, 5) is 23.1. The van der Waals surface area contributed by atoms with Crippen molar-refractivity contribution < 1.29 is 19.4 Å². The monoisotopic (exact) mass is 257 g/mol. The first-order chi connectivity index (χ1) is 8.50. The maximum Gasteiger partial charge on any atom is 0.310 e. The lowest BCUT2D eigenvalue weighted by atomic mass is 9.82. The molecule has 1 saturated carbocycles. The van der Waals surface area contributed by atoms with Crippen molar-refractivity contribution >= 4 is 11.9 Å². The highest BCUT2D eigenvalue weighted by atomic mass is 16.5. The van der Waals surface area contributed by atoms with Crippen LogP contribution in [0.1, 0.15) is 46.0 Å². The lowest BCUT2D eigenvalue weighted by Gasteiger charge is -2.23. The summed E-state index contributed by atoms with van der Waals surface area (Å²) in [5, 5.41) is 12.0. The fraction of sp³-hybridized carbons (Fsp3) is 0.846. The molecule has 0 heterocycles. The molecule has 0 radical (unpaired) electrons. The molecule has 1 rings (SSSR count). The van der Waals surface area contributed by atoms with E-state index in [0.29, 0.717) is 26.0 Å². The number of carboxylic acids is 1. The van der Waals surface area contributed by atoms with E-state index in [9.17, 15) is 14.7 Å². The van der Waals surface area contributed by atoms with Crippen molar-refractivity contribution in [3.05, 3.63) is 0 Å². The van der Waals surface area contributed by atoms with Crippen LogP contribution < -0.4 is 5.32 Å². The molecule has 104 valence electrons. The summed E-state index contributed by atoms with van der Waals surface area (Å²) in [5.74, 6) is -1.03. The van der Waals surface area contributed by atoms with Gasteiger partial charge in [0.2, 0.25) is 5.91 Å². The van der Waals surface area contributed by atoms with E-state index in [4.69, 9.17) is 4.74 Å². The number of carbonyl (C=O) groups excluding carboxylic acids is 1. The van der Waals surface area contributed by atoms with E-state index in [0.717, 1.165) is 12.8 Å². The van der Waals surface area contributed by atoms with Gasteiger partial charge in [0.25, 0.3) is 0 Å². The first-order valence-corrected chi connectivity index (χ1v) is 6.62. The number of amides is 1. The minimum Gasteiger partial charge on any atom is -0.481 e. The lowest BCUT2D eigenvalue weighted by Crippen LogP contribution is -2.38. The normalized spacial score (nSPS) is 19.4. The number of carbonyl (C=O) groups is 2. The van der Waals surface area contributed by atoms with Crippen molar-refractivity contribution in [1.82, 2.24) is 5.32 Å². The van der Waals surface area contributed by atoms with E-state index in [-0.39, 0.29) is 18.4 Å². The highest BCUT2D eigenvalue weighted by Gasteiger charge is 2.42. The molecule has 0 aromatic rings. The average molecular weight is 257 g/mol. The standard InChI is InChI=1S/C13H23NO4/c1-3-18-10(2)9-14-11(15)8-13(12(16)17)6-4-5-7-13/h10H,3-9H2,1-2H3,(H,14,15)(H,16,17). The minimum atomic E-state index is -0.840. The van der Waals surface area contributed by atoms with E-state index in [1.165, 1.54) is 0 Å². The molecular formula is C13H23NO4. The molecule has 0 aliphatic heterocycles. The Kier molecular flexibility index (Phi) is 5.59. The molecule has 1 fully saturated rings. The zero-order valence-electron chi connectivity index (χ0n) is 11.2. The summed E-state index contributed by atoms with van der Waals surface area (Å²) in [6.07, 6.45) is 3.06. The van der Waals surface area contributed by atoms with Gasteiger partial charge in [-0.15, -0.1) is 0 Å². The summed E-state index contributed by atoms with van der Waals surface area (Å²) in [7, 11) is 0. The molecule has 2 N–H and O–H groups in total. The number of hydrogen-bond acceptors (Lipinski definition) is 3. The van der Waals surface area contributed by atoms with Gasteiger partial charge in [0.15, 0.2) is 0 Å². The van der Waals surface area contributed by atoms with Gasteiger partial charge in [-0.3, -0.25) is 9.59 Å². The topological polar surface area (TPSA) is 75.6 Å². The van der Waals surface area contributed by atoms with Gasteiger partial charge in [-0.1, -0.05) is 12.8 Å². The first-order valence-electron chi connectivity index (χ1n) is 6.62. The van der Waals surface area contributed by atoms with Gasteiger partial charge < -0.3 is 15.2 Å². The number of ether oxygens (including phenoxy) is 1. The van der Waals surface area contributed by atoms with Gasteiger partial charge >= 0.3 is 5.97 Å². The fourth-order valence-electron chi connectivity index (χ4n) is 2.49. The number of nitrogens with one attached hydrogen (secondary N) is 1. The second-order valence-electron chi connectivity index (χ2n) is 5.04. The largest absolute Gasteiger partial charge is 0.481 e. The van der Waals surface area contributed by atoms with Crippen molar-refractivity contribution in [2.24, 2.45) is 5.41 Å². The van der Waals surface area contributed by atoms with Gasteiger partial charge in [0, 0.05) is 19.6 Å². The zero-order chi connectivity index (χ0) is 13.6. The summed E-state index contributed by atoms with van der Waals surface area (Å²) in [5.41, 5.74) is -0.834. The van der Waals surface area contributed by atoms with Gasteiger partial charge in [0.05, 0.1) is 11.5 Å². The Morgan fingerprint density at radius 2 is 2.00 bits per heavy atom. The van der Waals surface area contributed by atoms with E-state index < -0.39 is 11.4 Å². The SMILES string of the molecule is CCOC(C)CNC(=O)CC1(C(=O)O)CCCC1. The number of rotatable bonds is 7. The summed E-state index contributed by atoms with van der Waals surface area (Å²) in [6.45, 7) is 4.82. The Morgan fingerprint density at radius 3 is 2.50 bits per heavy atom. The van der Waals surface area contributed by atoms with Crippen molar-refractivity contribution in [1.29, 1.82) is 0 Å². The Bertz CT molecular complexity index is 297. The van der Waals surface area contributed by atoms with Crippen LogP contribution >= 0.6 is 0 Å². The molecule has 1 unspecified atom stereocenters. The van der Waals surface area contributed by atoms with Crippen LogP contribution in [-0.4, -0.2) is 36.2 Å². The quantitative estimate of drug-likeness (QED) is 0.725. The molecule has 0 saturated heterocycles. The maximum atomic E-state index is 11.8. The lowest BCUT2D eigenvalue weighted by molar-refractivity contribution is -0.151. The molecule has 0 aromatic heterocycles. The molecular weight excluding hydrogens is 234 g/mol. The zero-order valence-corrected chi connectivity index (χ0v) is 11.2. The van der Waals surface area contributed by atoms with E-state index in [1.54, 1.807) is 0 Å². The van der Waals surface area contributed by atoms with Crippen LogP contribution in [-0.2, 0) is 14.3 Å². The minimum absolute atomic E-state index is 0.0386. The van der Waals surface area contributed by atoms with Crippen LogP contribution in [0.25, 0.3) is 0 Å². The van der Waals surface area contributed by atoms with Crippen molar-refractivity contribution in [2.45, 2.75) is 52.1 Å². The van der Waals surface area contributed by atoms with Crippen LogP contribution in [0.15, 0.2) is 0 Å². The van der Waals surface area contributed by atoms with E-state index >= 15 is 0 Å². The third kappa shape index (κ3) is 3.98. The average Bonchev–Trinajstić information content (AvgIpc) is 2.77. The van der Waals surface area contributed by atoms with Gasteiger partial charge in [-0.2, -0.15) is 0 Å². The number of hydrogen-bond donors (Lipinski definition) is 2. The Balaban J connectivity index is 2.41. The second-order valence-corrected chi connectivity index (χ2v) is 5.04. The second kappa shape index (κ2) is 6.73. The van der Waals surface area contributed by atoms with Gasteiger partial charge in [-0.05, 0) is 26.7 Å². The Labute approximate surface area is 108 Å². The van der Waals surface area contributed by atoms with Crippen LogP contribution in [0.5, 0.6) is 0 Å². The molecule has 1 aliphatic carbocycles. The third-order valence-electron chi connectivity index (χ3n) is 3.55. The van der Waals surface area contributed by atoms with Gasteiger partial charge in [0.1, 0.15) is 0 Å². The van der Waals surface area contributed by atoms with Crippen molar-refractivity contribution in [2.75, 3.05) is 13.2 Å². The van der Waals surface area contributed by atoms with Crippen LogP contribution in [0, 0.1) is 5.41 Å².